The average Bonchev–Trinajstić information content (AvgIpc) is 2.77. The third-order valence-corrected chi connectivity index (χ3v) is 5.46. The number of sulfonamides is 1. The van der Waals surface area contributed by atoms with Crippen molar-refractivity contribution in [3.05, 3.63) is 22.7 Å². The van der Waals surface area contributed by atoms with Gasteiger partial charge in [-0.1, -0.05) is 0 Å². The highest BCUT2D eigenvalue weighted by atomic mass is 79.9. The van der Waals surface area contributed by atoms with E-state index < -0.39 is 10.0 Å². The Balaban J connectivity index is 2.35. The van der Waals surface area contributed by atoms with Crippen molar-refractivity contribution in [2.24, 2.45) is 5.73 Å². The SMILES string of the molecule is COc1cc(S(=O)(=O)N2CC[C@H](N)C2)ccc1Br. The minimum Gasteiger partial charge on any atom is -0.496 e. The zero-order chi connectivity index (χ0) is 13.3. The summed E-state index contributed by atoms with van der Waals surface area (Å²) >= 11 is 3.30. The Labute approximate surface area is 115 Å². The van der Waals surface area contributed by atoms with Gasteiger partial charge < -0.3 is 10.5 Å². The van der Waals surface area contributed by atoms with E-state index in [-0.39, 0.29) is 10.9 Å². The number of nitrogens with zero attached hydrogens (tertiary/aromatic N) is 1. The molecule has 1 atom stereocenters. The smallest absolute Gasteiger partial charge is 0.243 e. The predicted octanol–water partition coefficient (Wildman–Crippen LogP) is 1.18. The molecule has 18 heavy (non-hydrogen) atoms. The van der Waals surface area contributed by atoms with Crippen LogP contribution < -0.4 is 10.5 Å². The number of ether oxygens (including phenoxy) is 1. The first-order valence-electron chi connectivity index (χ1n) is 5.54. The summed E-state index contributed by atoms with van der Waals surface area (Å²) in [5, 5.41) is 0. The Morgan fingerprint density at radius 1 is 1.50 bits per heavy atom. The molecule has 0 aliphatic carbocycles. The van der Waals surface area contributed by atoms with E-state index >= 15 is 0 Å². The maximum Gasteiger partial charge on any atom is 0.243 e. The van der Waals surface area contributed by atoms with E-state index in [9.17, 15) is 8.42 Å². The zero-order valence-electron chi connectivity index (χ0n) is 9.97. The molecule has 1 fully saturated rings. The van der Waals surface area contributed by atoms with Crippen LogP contribution in [0.3, 0.4) is 0 Å². The van der Waals surface area contributed by atoms with E-state index in [1.807, 2.05) is 0 Å². The summed E-state index contributed by atoms with van der Waals surface area (Å²) in [5.74, 6) is 0.500. The Bertz CT molecular complexity index is 547. The monoisotopic (exact) mass is 334 g/mol. The predicted molar refractivity (Wildman–Crippen MR) is 72.0 cm³/mol. The molecule has 1 saturated heterocycles. The Kier molecular flexibility index (Phi) is 3.96. The highest BCUT2D eigenvalue weighted by Crippen LogP contribution is 2.29. The second kappa shape index (κ2) is 5.16. The lowest BCUT2D eigenvalue weighted by molar-refractivity contribution is 0.410. The molecule has 2 rings (SSSR count). The van der Waals surface area contributed by atoms with Gasteiger partial charge in [0.05, 0.1) is 16.5 Å². The molecule has 100 valence electrons. The number of methoxy groups -OCH3 is 1. The van der Waals surface area contributed by atoms with Crippen LogP contribution in [0.5, 0.6) is 5.75 Å². The van der Waals surface area contributed by atoms with Gasteiger partial charge in [0.25, 0.3) is 0 Å². The summed E-state index contributed by atoms with van der Waals surface area (Å²) in [5.41, 5.74) is 5.74. The van der Waals surface area contributed by atoms with Gasteiger partial charge in [-0.2, -0.15) is 4.31 Å². The second-order valence-electron chi connectivity index (χ2n) is 4.21. The van der Waals surface area contributed by atoms with Gasteiger partial charge in [-0.05, 0) is 34.5 Å². The maximum absolute atomic E-state index is 12.4. The Morgan fingerprint density at radius 2 is 2.22 bits per heavy atom. The number of rotatable bonds is 3. The molecule has 1 aromatic carbocycles. The lowest BCUT2D eigenvalue weighted by Gasteiger charge is -2.16. The van der Waals surface area contributed by atoms with Gasteiger partial charge in [-0.15, -0.1) is 0 Å². The van der Waals surface area contributed by atoms with Crippen molar-refractivity contribution in [1.29, 1.82) is 0 Å². The van der Waals surface area contributed by atoms with Crippen LogP contribution >= 0.6 is 15.9 Å². The maximum atomic E-state index is 12.4. The Morgan fingerprint density at radius 3 is 2.78 bits per heavy atom. The lowest BCUT2D eigenvalue weighted by atomic mass is 10.3. The highest BCUT2D eigenvalue weighted by molar-refractivity contribution is 9.10. The fourth-order valence-electron chi connectivity index (χ4n) is 1.92. The van der Waals surface area contributed by atoms with Crippen molar-refractivity contribution in [3.8, 4) is 5.75 Å². The van der Waals surface area contributed by atoms with Gasteiger partial charge in [0.2, 0.25) is 10.0 Å². The average molecular weight is 335 g/mol. The zero-order valence-corrected chi connectivity index (χ0v) is 12.4. The van der Waals surface area contributed by atoms with E-state index in [1.54, 1.807) is 12.1 Å². The first-order valence-corrected chi connectivity index (χ1v) is 7.77. The van der Waals surface area contributed by atoms with Crippen LogP contribution in [0.15, 0.2) is 27.6 Å². The molecule has 0 bridgehead atoms. The summed E-state index contributed by atoms with van der Waals surface area (Å²) in [4.78, 5) is 0.233. The summed E-state index contributed by atoms with van der Waals surface area (Å²) in [6.07, 6.45) is 0.701. The van der Waals surface area contributed by atoms with E-state index in [0.717, 1.165) is 4.47 Å². The molecular weight excluding hydrogens is 320 g/mol. The largest absolute Gasteiger partial charge is 0.496 e. The third-order valence-electron chi connectivity index (χ3n) is 2.95. The third kappa shape index (κ3) is 2.54. The van der Waals surface area contributed by atoms with E-state index in [0.29, 0.717) is 25.3 Å². The molecule has 0 radical (unpaired) electrons. The standard InChI is InChI=1S/C11H15BrN2O3S/c1-17-11-6-9(2-3-10(11)12)18(15,16)14-5-4-8(13)7-14/h2-3,6,8H,4-5,7,13H2,1H3/t8-/m0/s1. The molecule has 0 saturated carbocycles. The van der Waals surface area contributed by atoms with Crippen LogP contribution in [0.2, 0.25) is 0 Å². The molecule has 2 N–H and O–H groups in total. The van der Waals surface area contributed by atoms with Crippen molar-refractivity contribution in [1.82, 2.24) is 4.31 Å². The number of halogens is 1. The molecule has 5 nitrogen and oxygen atoms in total. The van der Waals surface area contributed by atoms with Gasteiger partial charge in [-0.25, -0.2) is 8.42 Å². The van der Waals surface area contributed by atoms with Crippen LogP contribution in [-0.2, 0) is 10.0 Å². The lowest BCUT2D eigenvalue weighted by Crippen LogP contribution is -2.31. The summed E-state index contributed by atoms with van der Waals surface area (Å²) in [7, 11) is -1.97. The molecule has 1 aliphatic heterocycles. The molecule has 1 aliphatic rings. The van der Waals surface area contributed by atoms with Crippen LogP contribution in [-0.4, -0.2) is 39.0 Å². The molecule has 1 aromatic rings. The van der Waals surface area contributed by atoms with Crippen LogP contribution in [0.4, 0.5) is 0 Å². The van der Waals surface area contributed by atoms with E-state index in [4.69, 9.17) is 10.5 Å². The molecule has 0 aromatic heterocycles. The van der Waals surface area contributed by atoms with E-state index in [1.165, 1.54) is 17.5 Å². The highest BCUT2D eigenvalue weighted by Gasteiger charge is 2.31. The quantitative estimate of drug-likeness (QED) is 0.900. The van der Waals surface area contributed by atoms with Gasteiger partial charge in [0, 0.05) is 25.2 Å². The van der Waals surface area contributed by atoms with Crippen molar-refractivity contribution >= 4 is 26.0 Å². The number of hydrogen-bond donors (Lipinski definition) is 1. The second-order valence-corrected chi connectivity index (χ2v) is 7.00. The summed E-state index contributed by atoms with van der Waals surface area (Å²) < 4.78 is 32.0. The topological polar surface area (TPSA) is 72.6 Å². The number of nitrogens with two attached hydrogens (primary N) is 1. The first kappa shape index (κ1) is 13.8. The molecule has 0 amide bonds. The van der Waals surface area contributed by atoms with Gasteiger partial charge in [0.15, 0.2) is 0 Å². The molecule has 0 spiro atoms. The Hall–Kier alpha value is -0.630. The first-order chi connectivity index (χ1) is 8.45. The van der Waals surface area contributed by atoms with Crippen LogP contribution in [0.1, 0.15) is 6.42 Å². The van der Waals surface area contributed by atoms with Crippen molar-refractivity contribution in [2.75, 3.05) is 20.2 Å². The number of benzene rings is 1. The minimum absolute atomic E-state index is 0.0721. The van der Waals surface area contributed by atoms with Crippen LogP contribution in [0.25, 0.3) is 0 Å². The fraction of sp³-hybridized carbons (Fsp3) is 0.455. The van der Waals surface area contributed by atoms with E-state index in [2.05, 4.69) is 15.9 Å². The normalized spacial score (nSPS) is 21.2. The van der Waals surface area contributed by atoms with Gasteiger partial charge >= 0.3 is 0 Å². The molecule has 1 heterocycles. The summed E-state index contributed by atoms with van der Waals surface area (Å²) in [6.45, 7) is 0.850. The van der Waals surface area contributed by atoms with Gasteiger partial charge in [-0.3, -0.25) is 0 Å². The molecular formula is C11H15BrN2O3S. The van der Waals surface area contributed by atoms with Crippen LogP contribution in [0, 0.1) is 0 Å². The van der Waals surface area contributed by atoms with Crippen molar-refractivity contribution in [2.45, 2.75) is 17.4 Å². The fourth-order valence-corrected chi connectivity index (χ4v) is 3.86. The van der Waals surface area contributed by atoms with Gasteiger partial charge in [0.1, 0.15) is 5.75 Å². The number of hydrogen-bond acceptors (Lipinski definition) is 4. The minimum atomic E-state index is -3.47. The van der Waals surface area contributed by atoms with Crippen molar-refractivity contribution in [3.63, 3.8) is 0 Å². The molecule has 7 heteroatoms. The summed E-state index contributed by atoms with van der Waals surface area (Å²) in [6, 6.07) is 4.67. The van der Waals surface area contributed by atoms with Crippen molar-refractivity contribution < 1.29 is 13.2 Å². The molecule has 0 unspecified atom stereocenters.